The zero-order chi connectivity index (χ0) is 13.5. The second-order valence-electron chi connectivity index (χ2n) is 3.98. The molecule has 0 spiro atoms. The molecule has 0 bridgehead atoms. The van der Waals surface area contributed by atoms with Crippen LogP contribution in [0.1, 0.15) is 19.4 Å². The molecule has 1 rings (SSSR count). The van der Waals surface area contributed by atoms with Gasteiger partial charge in [0.25, 0.3) is 0 Å². The number of rotatable bonds is 7. The molecule has 100 valence electrons. The van der Waals surface area contributed by atoms with Crippen molar-refractivity contribution >= 4 is 34.7 Å². The minimum Gasteiger partial charge on any atom is -0.389 e. The quantitative estimate of drug-likeness (QED) is 0.595. The molecule has 3 nitrogen and oxygen atoms in total. The van der Waals surface area contributed by atoms with Gasteiger partial charge < -0.3 is 15.8 Å². The number of nitrogens with one attached hydrogen (secondary N) is 1. The Bertz CT molecular complexity index is 410. The van der Waals surface area contributed by atoms with Crippen LogP contribution >= 0.6 is 24.0 Å². The molecule has 1 atom stereocenters. The molecule has 0 saturated carbocycles. The highest BCUT2D eigenvalue weighted by Crippen LogP contribution is 2.28. The maximum absolute atomic E-state index is 5.84. The Morgan fingerprint density at radius 3 is 2.83 bits per heavy atom. The Morgan fingerprint density at radius 1 is 1.56 bits per heavy atom. The molecule has 0 aromatic heterocycles. The van der Waals surface area contributed by atoms with Crippen molar-refractivity contribution in [1.29, 1.82) is 0 Å². The summed E-state index contributed by atoms with van der Waals surface area (Å²) in [6.07, 6.45) is 0. The Morgan fingerprint density at radius 2 is 2.28 bits per heavy atom. The van der Waals surface area contributed by atoms with Gasteiger partial charge in [-0.2, -0.15) is 0 Å². The van der Waals surface area contributed by atoms with Crippen molar-refractivity contribution in [2.24, 2.45) is 5.73 Å². The van der Waals surface area contributed by atoms with Crippen molar-refractivity contribution in [2.45, 2.75) is 24.8 Å². The van der Waals surface area contributed by atoms with Gasteiger partial charge in [0.05, 0.1) is 6.61 Å². The first kappa shape index (κ1) is 15.3. The fourth-order valence-corrected chi connectivity index (χ4v) is 2.87. The second-order valence-corrected chi connectivity index (χ2v) is 5.72. The number of thiocarbonyl (C=S) groups is 1. The molecule has 1 aromatic rings. The lowest BCUT2D eigenvalue weighted by Gasteiger charge is -2.19. The molecule has 0 heterocycles. The smallest absolute Gasteiger partial charge is 0.107 e. The highest BCUT2D eigenvalue weighted by atomic mass is 32.2. The molecule has 0 aliphatic heterocycles. The van der Waals surface area contributed by atoms with E-state index in [1.54, 1.807) is 18.9 Å². The van der Waals surface area contributed by atoms with E-state index in [9.17, 15) is 0 Å². The number of anilines is 1. The molecule has 0 radical (unpaired) electrons. The average Bonchev–Trinajstić information content (AvgIpc) is 2.29. The summed E-state index contributed by atoms with van der Waals surface area (Å²) in [6, 6.07) is 6.28. The number of methoxy groups -OCH3 is 1. The summed E-state index contributed by atoms with van der Waals surface area (Å²) in [5.41, 5.74) is 7.75. The van der Waals surface area contributed by atoms with Crippen LogP contribution in [0.5, 0.6) is 0 Å². The minimum atomic E-state index is 0.213. The summed E-state index contributed by atoms with van der Waals surface area (Å²) in [5.74, 6) is 0.993. The second kappa shape index (κ2) is 7.61. The van der Waals surface area contributed by atoms with E-state index in [1.807, 2.05) is 12.1 Å². The van der Waals surface area contributed by atoms with Gasteiger partial charge in [-0.25, -0.2) is 0 Å². The number of ether oxygens (including phenoxy) is 1. The van der Waals surface area contributed by atoms with Crippen molar-refractivity contribution in [3.05, 3.63) is 23.8 Å². The van der Waals surface area contributed by atoms with Crippen LogP contribution in [-0.4, -0.2) is 30.5 Å². The van der Waals surface area contributed by atoms with E-state index in [4.69, 9.17) is 22.7 Å². The van der Waals surface area contributed by atoms with Crippen LogP contribution < -0.4 is 11.1 Å². The molecule has 0 fully saturated rings. The Kier molecular flexibility index (Phi) is 6.46. The van der Waals surface area contributed by atoms with Gasteiger partial charge in [-0.3, -0.25) is 0 Å². The largest absolute Gasteiger partial charge is 0.389 e. The summed E-state index contributed by atoms with van der Waals surface area (Å²) < 4.78 is 5.12. The number of hydrogen-bond donors (Lipinski definition) is 2. The summed E-state index contributed by atoms with van der Waals surface area (Å²) >= 11 is 6.91. The van der Waals surface area contributed by atoms with Gasteiger partial charge in [0, 0.05) is 29.3 Å². The topological polar surface area (TPSA) is 47.3 Å². The van der Waals surface area contributed by atoms with Gasteiger partial charge in [-0.15, -0.1) is 11.8 Å². The molecule has 0 amide bonds. The maximum atomic E-state index is 5.84. The molecule has 5 heteroatoms. The Hall–Kier alpha value is -0.780. The molecule has 1 aromatic carbocycles. The lowest BCUT2D eigenvalue weighted by Crippen LogP contribution is -2.23. The van der Waals surface area contributed by atoms with E-state index in [-0.39, 0.29) is 6.04 Å². The van der Waals surface area contributed by atoms with Crippen LogP contribution in [0.3, 0.4) is 0 Å². The zero-order valence-electron chi connectivity index (χ0n) is 11.0. The van der Waals surface area contributed by atoms with Gasteiger partial charge in [0.1, 0.15) is 4.99 Å². The summed E-state index contributed by atoms with van der Waals surface area (Å²) in [7, 11) is 1.69. The summed E-state index contributed by atoms with van der Waals surface area (Å²) in [4.78, 5) is 1.55. The molecule has 0 saturated heterocycles. The van der Waals surface area contributed by atoms with Crippen molar-refractivity contribution in [1.82, 2.24) is 0 Å². The predicted molar refractivity (Wildman–Crippen MR) is 83.7 cm³/mol. The monoisotopic (exact) mass is 284 g/mol. The van der Waals surface area contributed by atoms with Gasteiger partial charge in [0.15, 0.2) is 0 Å². The third kappa shape index (κ3) is 4.15. The SMILES string of the molecule is CCSc1cccc(NC(C)COC)c1C(N)=S. The summed E-state index contributed by atoms with van der Waals surface area (Å²) in [5, 5.41) is 3.39. The molecule has 0 aliphatic rings. The van der Waals surface area contributed by atoms with Crippen LogP contribution in [0.15, 0.2) is 23.1 Å². The molecule has 1 unspecified atom stereocenters. The van der Waals surface area contributed by atoms with Crippen molar-refractivity contribution < 1.29 is 4.74 Å². The summed E-state index contributed by atoms with van der Waals surface area (Å²) in [6.45, 7) is 4.82. The van der Waals surface area contributed by atoms with Crippen LogP contribution in [0, 0.1) is 0 Å². The van der Waals surface area contributed by atoms with Gasteiger partial charge in [-0.05, 0) is 24.8 Å². The van der Waals surface area contributed by atoms with Crippen LogP contribution in [0.25, 0.3) is 0 Å². The van der Waals surface area contributed by atoms with Crippen molar-refractivity contribution in [3.8, 4) is 0 Å². The molecule has 18 heavy (non-hydrogen) atoms. The van der Waals surface area contributed by atoms with E-state index < -0.39 is 0 Å². The first-order valence-corrected chi connectivity index (χ1v) is 7.30. The standard InChI is InChI=1S/C13H20N2OS2/c1-4-18-11-7-5-6-10(12(11)13(14)17)15-9(2)8-16-3/h5-7,9,15H,4,8H2,1-3H3,(H2,14,17). The van der Waals surface area contributed by atoms with E-state index in [0.717, 1.165) is 21.9 Å². The molecular weight excluding hydrogens is 264 g/mol. The fourth-order valence-electron chi connectivity index (χ4n) is 1.74. The zero-order valence-corrected chi connectivity index (χ0v) is 12.7. The van der Waals surface area contributed by atoms with Crippen molar-refractivity contribution in [2.75, 3.05) is 24.8 Å². The maximum Gasteiger partial charge on any atom is 0.107 e. The predicted octanol–water partition coefficient (Wildman–Crippen LogP) is 2.88. The normalized spacial score (nSPS) is 12.2. The average molecular weight is 284 g/mol. The molecule has 3 N–H and O–H groups in total. The number of nitrogens with two attached hydrogens (primary N) is 1. The Balaban J connectivity index is 3.02. The number of benzene rings is 1. The number of thioether (sulfide) groups is 1. The van der Waals surface area contributed by atoms with Crippen LogP contribution in [0.4, 0.5) is 5.69 Å². The first-order chi connectivity index (χ1) is 8.60. The first-order valence-electron chi connectivity index (χ1n) is 5.91. The van der Waals surface area contributed by atoms with E-state index in [0.29, 0.717) is 11.6 Å². The third-order valence-corrected chi connectivity index (χ3v) is 3.54. The highest BCUT2D eigenvalue weighted by Gasteiger charge is 2.12. The van der Waals surface area contributed by atoms with E-state index in [2.05, 4.69) is 25.2 Å². The van der Waals surface area contributed by atoms with E-state index in [1.165, 1.54) is 0 Å². The van der Waals surface area contributed by atoms with Gasteiger partial charge >= 0.3 is 0 Å². The lowest BCUT2D eigenvalue weighted by atomic mass is 10.1. The van der Waals surface area contributed by atoms with E-state index >= 15 is 0 Å². The lowest BCUT2D eigenvalue weighted by molar-refractivity contribution is 0.190. The van der Waals surface area contributed by atoms with Crippen LogP contribution in [-0.2, 0) is 4.74 Å². The van der Waals surface area contributed by atoms with Gasteiger partial charge in [0.2, 0.25) is 0 Å². The Labute approximate surface area is 118 Å². The van der Waals surface area contributed by atoms with Crippen LogP contribution in [0.2, 0.25) is 0 Å². The number of hydrogen-bond acceptors (Lipinski definition) is 4. The van der Waals surface area contributed by atoms with Gasteiger partial charge in [-0.1, -0.05) is 25.2 Å². The van der Waals surface area contributed by atoms with Crippen molar-refractivity contribution in [3.63, 3.8) is 0 Å². The minimum absolute atomic E-state index is 0.213. The third-order valence-electron chi connectivity index (χ3n) is 2.39. The highest BCUT2D eigenvalue weighted by molar-refractivity contribution is 7.99. The molecule has 0 aliphatic carbocycles. The molecular formula is C13H20N2OS2. The fraction of sp³-hybridized carbons (Fsp3) is 0.462.